The fourth-order valence-corrected chi connectivity index (χ4v) is 12.2. The monoisotopic (exact) mass is 696 g/mol. The predicted molar refractivity (Wildman–Crippen MR) is 224 cm³/mol. The average molecular weight is 697 g/mol. The van der Waals surface area contributed by atoms with Crippen LogP contribution in [0.25, 0.3) is 82.1 Å². The number of para-hydroxylation sites is 2. The van der Waals surface area contributed by atoms with Gasteiger partial charge in [0.05, 0.1) is 16.7 Å². The number of fused-ring (bicyclic) bond motifs is 7. The molecule has 1 unspecified atom stereocenters. The fourth-order valence-electron chi connectivity index (χ4n) is 9.13. The summed E-state index contributed by atoms with van der Waals surface area (Å²) in [5.74, 6) is 0.966. The second-order valence-electron chi connectivity index (χ2n) is 14.0. The van der Waals surface area contributed by atoms with E-state index in [1.165, 1.54) is 43.4 Å². The molecule has 0 fully saturated rings. The molecular weight excluding hydrogens is 664 g/mol. The van der Waals surface area contributed by atoms with Gasteiger partial charge in [-0.25, -0.2) is 4.98 Å². The van der Waals surface area contributed by atoms with Crippen LogP contribution >= 0.6 is 7.14 Å². The number of benzene rings is 9. The Morgan fingerprint density at radius 3 is 1.74 bits per heavy atom. The molecule has 2 heterocycles. The number of imidazole rings is 1. The van der Waals surface area contributed by atoms with Gasteiger partial charge in [0.15, 0.2) is 7.14 Å². The van der Waals surface area contributed by atoms with E-state index in [4.69, 9.17) is 4.98 Å². The van der Waals surface area contributed by atoms with E-state index in [2.05, 4.69) is 145 Å². The lowest BCUT2D eigenvalue weighted by Crippen LogP contribution is -2.33. The molecule has 0 N–H and O–H groups in total. The summed E-state index contributed by atoms with van der Waals surface area (Å²) >= 11 is 0. The van der Waals surface area contributed by atoms with Crippen LogP contribution in [0.3, 0.4) is 0 Å². The van der Waals surface area contributed by atoms with E-state index in [0.717, 1.165) is 66.8 Å². The SMILES string of the molecule is CCc1nc2cccc3c2n1-c1c(-c2c4ccccc4c(-c4cc5ccccc5c5ccccc45)c4ccccc24)cccc1P3(=O)c1ccccc1. The highest BCUT2D eigenvalue weighted by molar-refractivity contribution is 7.86. The van der Waals surface area contributed by atoms with Crippen LogP contribution in [0.15, 0.2) is 170 Å². The van der Waals surface area contributed by atoms with Crippen LogP contribution < -0.4 is 15.9 Å². The van der Waals surface area contributed by atoms with Gasteiger partial charge >= 0.3 is 0 Å². The van der Waals surface area contributed by atoms with Crippen molar-refractivity contribution in [2.24, 2.45) is 0 Å². The minimum absolute atomic E-state index is 0.743. The topological polar surface area (TPSA) is 34.9 Å². The standard InChI is InChI=1S/C49H33N2OP/c1-2-45-50-42-27-15-29-44-49(42)51(45)48-40(26-14-28-43(48)53(44,52)32-17-4-3-5-18-32)46-36-22-10-12-24-38(36)47(39-25-13-11-23-37(39)46)41-30-31-16-6-7-19-33(31)34-20-8-9-21-35(34)41/h3-30H,2H2,1H3. The largest absolute Gasteiger partial charge is 0.308 e. The molecule has 250 valence electrons. The van der Waals surface area contributed by atoms with Crippen LogP contribution in [0.1, 0.15) is 12.7 Å². The van der Waals surface area contributed by atoms with Crippen molar-refractivity contribution in [1.29, 1.82) is 0 Å². The lowest BCUT2D eigenvalue weighted by Gasteiger charge is -2.31. The predicted octanol–water partition coefficient (Wildman–Crippen LogP) is 11.5. The Labute approximate surface area is 307 Å². The Kier molecular flexibility index (Phi) is 6.51. The maximum Gasteiger partial charge on any atom is 0.175 e. The minimum Gasteiger partial charge on any atom is -0.308 e. The van der Waals surface area contributed by atoms with E-state index in [0.29, 0.717) is 0 Å². The molecule has 1 aliphatic heterocycles. The summed E-state index contributed by atoms with van der Waals surface area (Å²) in [6.45, 7) is 2.16. The van der Waals surface area contributed by atoms with Gasteiger partial charge in [-0.1, -0.05) is 153 Å². The Hall–Kier alpha value is -6.28. The molecule has 0 aliphatic carbocycles. The minimum atomic E-state index is -3.30. The van der Waals surface area contributed by atoms with Crippen molar-refractivity contribution in [3.8, 4) is 27.9 Å². The molecule has 0 amide bonds. The average Bonchev–Trinajstić information content (AvgIpc) is 3.61. The molecule has 11 rings (SSSR count). The Morgan fingerprint density at radius 1 is 0.509 bits per heavy atom. The molecule has 1 aliphatic rings. The smallest absolute Gasteiger partial charge is 0.175 e. The van der Waals surface area contributed by atoms with Crippen molar-refractivity contribution in [3.05, 3.63) is 176 Å². The number of hydrogen-bond acceptors (Lipinski definition) is 2. The molecule has 1 atom stereocenters. The zero-order valence-corrected chi connectivity index (χ0v) is 30.0. The van der Waals surface area contributed by atoms with Gasteiger partial charge < -0.3 is 4.57 Å². The van der Waals surface area contributed by atoms with Crippen molar-refractivity contribution < 1.29 is 4.57 Å². The van der Waals surface area contributed by atoms with Crippen LogP contribution in [0, 0.1) is 0 Å². The lowest BCUT2D eigenvalue weighted by atomic mass is 9.83. The lowest BCUT2D eigenvalue weighted by molar-refractivity contribution is 0.592. The maximum atomic E-state index is 16.1. The molecule has 9 aromatic carbocycles. The third-order valence-corrected chi connectivity index (χ3v) is 14.4. The van der Waals surface area contributed by atoms with E-state index in [1.54, 1.807) is 0 Å². The third-order valence-electron chi connectivity index (χ3n) is 11.3. The molecule has 53 heavy (non-hydrogen) atoms. The molecule has 0 saturated heterocycles. The summed E-state index contributed by atoms with van der Waals surface area (Å²) in [7, 11) is -3.30. The molecule has 1 aromatic heterocycles. The van der Waals surface area contributed by atoms with Crippen molar-refractivity contribution in [1.82, 2.24) is 9.55 Å². The van der Waals surface area contributed by atoms with Gasteiger partial charge in [-0.05, 0) is 84.0 Å². The number of nitrogens with zero attached hydrogens (tertiary/aromatic N) is 2. The first-order valence-electron chi connectivity index (χ1n) is 18.3. The van der Waals surface area contributed by atoms with Crippen LogP contribution in [-0.2, 0) is 11.0 Å². The highest BCUT2D eigenvalue weighted by Crippen LogP contribution is 2.53. The molecule has 4 heteroatoms. The van der Waals surface area contributed by atoms with Gasteiger partial charge in [0.25, 0.3) is 0 Å². The van der Waals surface area contributed by atoms with Crippen LogP contribution in [0.4, 0.5) is 0 Å². The Balaban J connectivity index is 1.31. The van der Waals surface area contributed by atoms with Crippen LogP contribution in [0.2, 0.25) is 0 Å². The molecule has 0 bridgehead atoms. The molecule has 10 aromatic rings. The van der Waals surface area contributed by atoms with Gasteiger partial charge in [0.1, 0.15) is 5.82 Å². The summed E-state index contributed by atoms with van der Waals surface area (Å²) in [5, 5.41) is 12.2. The van der Waals surface area contributed by atoms with Gasteiger partial charge in [0, 0.05) is 27.9 Å². The van der Waals surface area contributed by atoms with E-state index in [9.17, 15) is 0 Å². The second-order valence-corrected chi connectivity index (χ2v) is 16.7. The summed E-state index contributed by atoms with van der Waals surface area (Å²) in [6.07, 6.45) is 0.743. The first-order chi connectivity index (χ1) is 26.2. The van der Waals surface area contributed by atoms with E-state index in [1.807, 2.05) is 36.4 Å². The molecule has 0 radical (unpaired) electrons. The Morgan fingerprint density at radius 2 is 1.06 bits per heavy atom. The number of aromatic nitrogens is 2. The number of rotatable bonds is 4. The van der Waals surface area contributed by atoms with E-state index in [-0.39, 0.29) is 0 Å². The van der Waals surface area contributed by atoms with Gasteiger partial charge in [-0.3, -0.25) is 4.57 Å². The maximum absolute atomic E-state index is 16.1. The molecular formula is C49H33N2OP. The van der Waals surface area contributed by atoms with Crippen LogP contribution in [0.5, 0.6) is 0 Å². The quantitative estimate of drug-likeness (QED) is 0.104. The van der Waals surface area contributed by atoms with Gasteiger partial charge in [-0.2, -0.15) is 0 Å². The van der Waals surface area contributed by atoms with Gasteiger partial charge in [0.2, 0.25) is 0 Å². The summed E-state index contributed by atoms with van der Waals surface area (Å²) < 4.78 is 18.4. The highest BCUT2D eigenvalue weighted by Gasteiger charge is 2.41. The number of aryl methyl sites for hydroxylation is 1. The molecule has 0 saturated carbocycles. The van der Waals surface area contributed by atoms with E-state index < -0.39 is 7.14 Å². The Bertz CT molecular complexity index is 3140. The second kappa shape index (κ2) is 11.4. The first kappa shape index (κ1) is 30.4. The summed E-state index contributed by atoms with van der Waals surface area (Å²) in [5.41, 5.74) is 7.45. The summed E-state index contributed by atoms with van der Waals surface area (Å²) in [6, 6.07) is 60.1. The van der Waals surface area contributed by atoms with E-state index >= 15 is 4.57 Å². The third kappa shape index (κ3) is 4.12. The van der Waals surface area contributed by atoms with Crippen molar-refractivity contribution >= 4 is 77.2 Å². The zero-order valence-electron chi connectivity index (χ0n) is 29.1. The van der Waals surface area contributed by atoms with Gasteiger partial charge in [-0.15, -0.1) is 0 Å². The normalized spacial score (nSPS) is 15.1. The highest BCUT2D eigenvalue weighted by atomic mass is 31.2. The molecule has 0 spiro atoms. The van der Waals surface area contributed by atoms with Crippen molar-refractivity contribution in [2.75, 3.05) is 0 Å². The zero-order chi connectivity index (χ0) is 35.3. The summed E-state index contributed by atoms with van der Waals surface area (Å²) in [4.78, 5) is 5.17. The fraction of sp³-hybridized carbons (Fsp3) is 0.0408. The van der Waals surface area contributed by atoms with Crippen LogP contribution in [-0.4, -0.2) is 9.55 Å². The van der Waals surface area contributed by atoms with Crippen molar-refractivity contribution in [2.45, 2.75) is 13.3 Å². The number of hydrogen-bond donors (Lipinski definition) is 0. The first-order valence-corrected chi connectivity index (χ1v) is 20.0. The molecule has 3 nitrogen and oxygen atoms in total. The van der Waals surface area contributed by atoms with Crippen molar-refractivity contribution in [3.63, 3.8) is 0 Å².